The third-order valence-electron chi connectivity index (χ3n) is 5.90. The Morgan fingerprint density at radius 3 is 1.48 bits per heavy atom. The Balaban J connectivity index is 3.12. The minimum absolute atomic E-state index is 0.0637. The molecule has 1 aromatic rings. The van der Waals surface area contributed by atoms with Crippen LogP contribution in [0, 0.1) is 0 Å². The lowest BCUT2D eigenvalue weighted by atomic mass is 9.83. The summed E-state index contributed by atoms with van der Waals surface area (Å²) < 4.78 is 18.8. The Hall–Kier alpha value is -0.280. The molecule has 0 heterocycles. The van der Waals surface area contributed by atoms with Crippen LogP contribution in [0.3, 0.4) is 0 Å². The molecule has 0 atom stereocenters. The average molecular weight is 854 g/mol. The van der Waals surface area contributed by atoms with Crippen LogP contribution in [0.15, 0.2) is 0 Å². The lowest BCUT2D eigenvalue weighted by Gasteiger charge is -2.25. The number of ether oxygens (including phenoxy) is 3. The summed E-state index contributed by atoms with van der Waals surface area (Å²) in [5, 5.41) is 2.13. The molecule has 9 nitrogen and oxygen atoms in total. The number of hydrogen-bond acceptors (Lipinski definition) is 8. The minimum atomic E-state index is -0.606. The average Bonchev–Trinajstić information content (AvgIpc) is 2.88. The first-order chi connectivity index (χ1) is 19.8. The van der Waals surface area contributed by atoms with Gasteiger partial charge in [0.1, 0.15) is 17.8 Å². The fourth-order valence-corrected chi connectivity index (χ4v) is 6.64. The highest BCUT2D eigenvalue weighted by Gasteiger charge is 2.22. The van der Waals surface area contributed by atoms with Crippen molar-refractivity contribution in [3.8, 4) is 0 Å². The Morgan fingerprint density at radius 1 is 0.643 bits per heavy atom. The molecule has 0 unspecified atom stereocenters. The van der Waals surface area contributed by atoms with Crippen molar-refractivity contribution in [2.24, 2.45) is 0 Å². The summed E-state index contributed by atoms with van der Waals surface area (Å²) in [6.07, 6.45) is 4.12. The summed E-state index contributed by atoms with van der Waals surface area (Å²) in [5.74, 6) is -0.361. The molecule has 0 aliphatic heterocycles. The molecule has 242 valence electrons. The van der Waals surface area contributed by atoms with Crippen LogP contribution in [0.2, 0.25) is 0 Å². The lowest BCUT2D eigenvalue weighted by Crippen LogP contribution is -2.32. The number of halogens is 4. The van der Waals surface area contributed by atoms with Crippen LogP contribution < -0.4 is 9.99 Å². The summed E-state index contributed by atoms with van der Waals surface area (Å²) in [6, 6.07) is 0. The summed E-state index contributed by atoms with van der Waals surface area (Å²) >= 11 is 14.4. The Bertz CT molecular complexity index is 915. The van der Waals surface area contributed by atoms with Crippen LogP contribution >= 0.6 is 63.9 Å². The molecule has 0 fully saturated rings. The van der Waals surface area contributed by atoms with Gasteiger partial charge in [-0.05, 0) is 113 Å². The van der Waals surface area contributed by atoms with Gasteiger partial charge in [-0.15, -0.1) is 4.51 Å². The van der Waals surface area contributed by atoms with Gasteiger partial charge in [0.2, 0.25) is 0 Å². The van der Waals surface area contributed by atoms with Crippen molar-refractivity contribution in [2.45, 2.75) is 107 Å². The monoisotopic (exact) mass is 850 g/mol. The molecule has 0 saturated carbocycles. The maximum Gasteiger partial charge on any atom is 0.431 e. The van der Waals surface area contributed by atoms with Gasteiger partial charge in [0, 0.05) is 38.7 Å². The number of nitrogens with one attached hydrogen (secondary N) is 2. The molecule has 1 rings (SSSR count). The van der Waals surface area contributed by atoms with Crippen LogP contribution in [0.1, 0.15) is 94.2 Å². The van der Waals surface area contributed by atoms with E-state index in [0.29, 0.717) is 36.9 Å². The quantitative estimate of drug-likeness (QED) is 0.0478. The molecule has 1 aromatic carbocycles. The highest BCUT2D eigenvalue weighted by atomic mass is 79.9. The predicted octanol–water partition coefficient (Wildman–Crippen LogP) is 7.81. The number of rotatable bonds is 19. The van der Waals surface area contributed by atoms with Gasteiger partial charge in [-0.2, -0.15) is 5.48 Å². The first-order valence-electron chi connectivity index (χ1n) is 14.0. The molecule has 2 N–H and O–H groups in total. The number of carbonyl (C=O) groups excluding carboxylic acids is 2. The SMILES string of the molecule is CC(C)(C)OC(=O)COCCCc1c(CBr)c(CCCONBr)c(CBr)c(CCCONC(=O)OC(C)(C)C)c1CBr. The summed E-state index contributed by atoms with van der Waals surface area (Å²) in [6.45, 7) is 12.2. The highest BCUT2D eigenvalue weighted by Crippen LogP contribution is 2.35. The van der Waals surface area contributed by atoms with E-state index >= 15 is 0 Å². The molecular formula is C29H46Br4N2O7. The van der Waals surface area contributed by atoms with Crippen LogP contribution in [0.4, 0.5) is 4.79 Å². The van der Waals surface area contributed by atoms with Crippen LogP contribution in [-0.4, -0.2) is 49.7 Å². The van der Waals surface area contributed by atoms with Gasteiger partial charge in [0.25, 0.3) is 0 Å². The molecule has 1 amide bonds. The Labute approximate surface area is 284 Å². The standard InChI is InChI=1S/C29H46Br4N2O7/c1-28(2,3)41-26(36)19-38-13-7-10-20-23(16-30)21(11-8-14-39-34-27(37)42-29(4,5)6)25(18-32)22(24(20)17-31)12-9-15-40-35-33/h35H,7-19H2,1-6H3,(H,34,37). The number of benzene rings is 1. The number of esters is 1. The van der Waals surface area contributed by atoms with Crippen molar-refractivity contribution in [2.75, 3.05) is 26.4 Å². The third-order valence-corrected chi connectivity index (χ3v) is 7.81. The molecular weight excluding hydrogens is 808 g/mol. The van der Waals surface area contributed by atoms with Crippen molar-refractivity contribution < 1.29 is 33.5 Å². The Kier molecular flexibility index (Phi) is 19.6. The topological polar surface area (TPSA) is 104 Å². The second-order valence-corrected chi connectivity index (χ2v) is 13.6. The van der Waals surface area contributed by atoms with Gasteiger partial charge in [0.15, 0.2) is 0 Å². The maximum atomic E-state index is 12.0. The molecule has 0 aliphatic carbocycles. The van der Waals surface area contributed by atoms with E-state index < -0.39 is 17.3 Å². The van der Waals surface area contributed by atoms with E-state index in [1.54, 1.807) is 20.8 Å². The number of hydrogen-bond donors (Lipinski definition) is 2. The van der Waals surface area contributed by atoms with Crippen molar-refractivity contribution >= 4 is 76.0 Å². The number of carbonyl (C=O) groups is 2. The Morgan fingerprint density at radius 2 is 1.07 bits per heavy atom. The predicted molar refractivity (Wildman–Crippen MR) is 179 cm³/mol. The molecule has 13 heteroatoms. The molecule has 0 aromatic heterocycles. The fraction of sp³-hybridized carbons (Fsp3) is 0.724. The van der Waals surface area contributed by atoms with Gasteiger partial charge in [-0.3, -0.25) is 9.68 Å². The second-order valence-electron chi connectivity index (χ2n) is 11.6. The zero-order valence-corrected chi connectivity index (χ0v) is 31.9. The van der Waals surface area contributed by atoms with Crippen molar-refractivity contribution in [1.82, 2.24) is 9.99 Å². The first kappa shape index (κ1) is 39.7. The van der Waals surface area contributed by atoms with Gasteiger partial charge < -0.3 is 14.2 Å². The molecule has 0 spiro atoms. The van der Waals surface area contributed by atoms with E-state index in [1.807, 2.05) is 20.8 Å². The highest BCUT2D eigenvalue weighted by molar-refractivity contribution is 9.09. The minimum Gasteiger partial charge on any atom is -0.458 e. The van der Waals surface area contributed by atoms with E-state index in [0.717, 1.165) is 37.4 Å². The van der Waals surface area contributed by atoms with Gasteiger partial charge in [0.05, 0.1) is 13.2 Å². The van der Waals surface area contributed by atoms with E-state index in [4.69, 9.17) is 23.9 Å². The molecule has 0 saturated heterocycles. The van der Waals surface area contributed by atoms with Gasteiger partial charge in [-0.25, -0.2) is 9.59 Å². The molecule has 0 aliphatic rings. The van der Waals surface area contributed by atoms with Crippen molar-refractivity contribution in [3.63, 3.8) is 0 Å². The second kappa shape index (κ2) is 20.7. The molecule has 0 radical (unpaired) electrons. The lowest BCUT2D eigenvalue weighted by molar-refractivity contribution is -0.160. The number of amides is 1. The van der Waals surface area contributed by atoms with Crippen LogP contribution in [0.25, 0.3) is 0 Å². The van der Waals surface area contributed by atoms with Gasteiger partial charge in [-0.1, -0.05) is 47.8 Å². The first-order valence-corrected chi connectivity index (χ1v) is 18.2. The van der Waals surface area contributed by atoms with E-state index in [9.17, 15) is 9.59 Å². The van der Waals surface area contributed by atoms with Crippen LogP contribution in [0.5, 0.6) is 0 Å². The fourth-order valence-electron chi connectivity index (χ4n) is 4.45. The zero-order chi connectivity index (χ0) is 31.8. The maximum absolute atomic E-state index is 12.0. The molecule has 42 heavy (non-hydrogen) atoms. The summed E-state index contributed by atoms with van der Waals surface area (Å²) in [7, 11) is 0. The molecule has 0 bridgehead atoms. The van der Waals surface area contributed by atoms with Crippen molar-refractivity contribution in [1.29, 1.82) is 0 Å². The van der Waals surface area contributed by atoms with Gasteiger partial charge >= 0.3 is 12.1 Å². The van der Waals surface area contributed by atoms with E-state index in [1.165, 1.54) is 33.4 Å². The van der Waals surface area contributed by atoms with E-state index in [-0.39, 0.29) is 12.6 Å². The van der Waals surface area contributed by atoms with E-state index in [2.05, 4.69) is 73.9 Å². The summed E-state index contributed by atoms with van der Waals surface area (Å²) in [5.41, 5.74) is 8.91. The van der Waals surface area contributed by atoms with Crippen molar-refractivity contribution in [3.05, 3.63) is 33.4 Å². The largest absolute Gasteiger partial charge is 0.458 e. The normalized spacial score (nSPS) is 12.0. The number of alkyl halides is 3. The van der Waals surface area contributed by atoms with Crippen LogP contribution in [-0.2, 0) is 63.9 Å². The smallest absolute Gasteiger partial charge is 0.431 e. The zero-order valence-electron chi connectivity index (χ0n) is 25.6. The third kappa shape index (κ3) is 15.6. The summed E-state index contributed by atoms with van der Waals surface area (Å²) in [4.78, 5) is 34.7. The number of hydroxylamine groups is 1.